The first-order valence-electron chi connectivity index (χ1n) is 9.19. The van der Waals surface area contributed by atoms with Crippen molar-refractivity contribution < 1.29 is 19.5 Å². The van der Waals surface area contributed by atoms with E-state index in [1.54, 1.807) is 12.1 Å². The van der Waals surface area contributed by atoms with Crippen molar-refractivity contribution >= 4 is 30.1 Å². The summed E-state index contributed by atoms with van der Waals surface area (Å²) in [7, 11) is 0. The predicted molar refractivity (Wildman–Crippen MR) is 104 cm³/mol. The van der Waals surface area contributed by atoms with Crippen LogP contribution in [0.3, 0.4) is 0 Å². The van der Waals surface area contributed by atoms with Crippen molar-refractivity contribution in [2.75, 3.05) is 13.1 Å². The SMILES string of the molecule is Cl.O=C1CCC(N2Cc3cc(C#CC4(O)CCNCC4)ccc3C2=O)C(=O)N1. The molecule has 0 bridgehead atoms. The number of hydrogen-bond acceptors (Lipinski definition) is 5. The van der Waals surface area contributed by atoms with Crippen LogP contribution in [0.25, 0.3) is 0 Å². The molecular weight excluding hydrogens is 382 g/mol. The van der Waals surface area contributed by atoms with E-state index in [-0.39, 0.29) is 30.6 Å². The second-order valence-corrected chi connectivity index (χ2v) is 7.30. The molecule has 7 nitrogen and oxygen atoms in total. The van der Waals surface area contributed by atoms with Gasteiger partial charge in [-0.3, -0.25) is 19.7 Å². The molecule has 3 aliphatic heterocycles. The van der Waals surface area contributed by atoms with Gasteiger partial charge in [-0.25, -0.2) is 0 Å². The number of halogens is 1. The number of nitrogens with one attached hydrogen (secondary N) is 2. The quantitative estimate of drug-likeness (QED) is 0.464. The Balaban J connectivity index is 0.00000225. The summed E-state index contributed by atoms with van der Waals surface area (Å²) < 4.78 is 0. The maximum Gasteiger partial charge on any atom is 0.255 e. The number of carbonyl (C=O) groups excluding carboxylic acids is 3. The Kier molecular flexibility index (Phi) is 5.75. The van der Waals surface area contributed by atoms with Crippen LogP contribution in [0.1, 0.15) is 47.2 Å². The van der Waals surface area contributed by atoms with Gasteiger partial charge in [0.25, 0.3) is 5.91 Å². The lowest BCUT2D eigenvalue weighted by Crippen LogP contribution is -2.52. The van der Waals surface area contributed by atoms with E-state index < -0.39 is 17.6 Å². The fourth-order valence-electron chi connectivity index (χ4n) is 3.81. The number of carbonyl (C=O) groups is 3. The van der Waals surface area contributed by atoms with Gasteiger partial charge in [0.2, 0.25) is 11.8 Å². The zero-order valence-corrected chi connectivity index (χ0v) is 16.1. The molecule has 1 unspecified atom stereocenters. The van der Waals surface area contributed by atoms with Crippen molar-refractivity contribution in [3.8, 4) is 11.8 Å². The first-order chi connectivity index (χ1) is 13.0. The maximum atomic E-state index is 12.7. The zero-order valence-electron chi connectivity index (χ0n) is 15.3. The van der Waals surface area contributed by atoms with Crippen molar-refractivity contribution in [1.29, 1.82) is 0 Å². The van der Waals surface area contributed by atoms with Crippen LogP contribution in [-0.2, 0) is 16.1 Å². The molecule has 1 aromatic rings. The summed E-state index contributed by atoms with van der Waals surface area (Å²) in [5.41, 5.74) is 1.14. The fraction of sp³-hybridized carbons (Fsp3) is 0.450. The molecule has 3 N–H and O–H groups in total. The van der Waals surface area contributed by atoms with Gasteiger partial charge in [0.1, 0.15) is 11.6 Å². The zero-order chi connectivity index (χ0) is 19.0. The predicted octanol–water partition coefficient (Wildman–Crippen LogP) is 0.335. The monoisotopic (exact) mass is 403 g/mol. The summed E-state index contributed by atoms with van der Waals surface area (Å²) in [6.07, 6.45) is 1.76. The van der Waals surface area contributed by atoms with Gasteiger partial charge in [-0.15, -0.1) is 12.4 Å². The van der Waals surface area contributed by atoms with Crippen molar-refractivity contribution in [2.24, 2.45) is 0 Å². The average molecular weight is 404 g/mol. The minimum atomic E-state index is -0.973. The Morgan fingerprint density at radius 2 is 1.93 bits per heavy atom. The third-order valence-corrected chi connectivity index (χ3v) is 5.39. The molecule has 3 heterocycles. The number of piperidine rings is 2. The topological polar surface area (TPSA) is 98.7 Å². The molecule has 0 aromatic heterocycles. The molecule has 3 aliphatic rings. The Bertz CT molecular complexity index is 883. The summed E-state index contributed by atoms with van der Waals surface area (Å²) in [6, 6.07) is 4.71. The van der Waals surface area contributed by atoms with E-state index in [0.717, 1.165) is 24.2 Å². The number of imide groups is 1. The van der Waals surface area contributed by atoms with E-state index in [0.29, 0.717) is 31.4 Å². The second-order valence-electron chi connectivity index (χ2n) is 7.30. The van der Waals surface area contributed by atoms with Crippen LogP contribution < -0.4 is 10.6 Å². The fourth-order valence-corrected chi connectivity index (χ4v) is 3.81. The molecule has 1 atom stereocenters. The third kappa shape index (κ3) is 3.90. The third-order valence-electron chi connectivity index (χ3n) is 5.39. The molecule has 3 amide bonds. The number of nitrogens with zero attached hydrogens (tertiary/aromatic N) is 1. The number of amides is 3. The second kappa shape index (κ2) is 7.92. The first kappa shape index (κ1) is 20.3. The lowest BCUT2D eigenvalue weighted by atomic mass is 9.93. The van der Waals surface area contributed by atoms with Gasteiger partial charge in [0.05, 0.1) is 0 Å². The summed E-state index contributed by atoms with van der Waals surface area (Å²) >= 11 is 0. The van der Waals surface area contributed by atoms with Crippen LogP contribution in [0.15, 0.2) is 18.2 Å². The summed E-state index contributed by atoms with van der Waals surface area (Å²) in [4.78, 5) is 37.6. The lowest BCUT2D eigenvalue weighted by Gasteiger charge is -2.29. The number of aliphatic hydroxyl groups is 1. The largest absolute Gasteiger partial charge is 0.377 e. The standard InChI is InChI=1S/C20H21N3O4.ClH/c24-17-4-3-16(18(25)22-17)23-12-14-11-13(1-2-15(14)19(23)26)5-6-20(27)7-9-21-10-8-20;/h1-2,11,16,21,27H,3-4,7-10,12H2,(H,22,24,25);1H. The lowest BCUT2D eigenvalue weighted by molar-refractivity contribution is -0.136. The molecule has 8 heteroatoms. The highest BCUT2D eigenvalue weighted by molar-refractivity contribution is 6.05. The average Bonchev–Trinajstić information content (AvgIpc) is 2.97. The molecule has 0 aliphatic carbocycles. The molecule has 0 saturated carbocycles. The molecule has 28 heavy (non-hydrogen) atoms. The minimum Gasteiger partial charge on any atom is -0.377 e. The van der Waals surface area contributed by atoms with Gasteiger partial charge < -0.3 is 15.3 Å². The van der Waals surface area contributed by atoms with E-state index >= 15 is 0 Å². The summed E-state index contributed by atoms with van der Waals surface area (Å²) in [5.74, 6) is 5.08. The van der Waals surface area contributed by atoms with Crippen molar-refractivity contribution in [3.05, 3.63) is 34.9 Å². The Hall–Kier alpha value is -2.40. The highest BCUT2D eigenvalue weighted by Crippen LogP contribution is 2.28. The van der Waals surface area contributed by atoms with E-state index in [1.165, 1.54) is 4.90 Å². The minimum absolute atomic E-state index is 0. The molecule has 2 fully saturated rings. The van der Waals surface area contributed by atoms with Crippen LogP contribution >= 0.6 is 12.4 Å². The smallest absolute Gasteiger partial charge is 0.255 e. The highest BCUT2D eigenvalue weighted by Gasteiger charge is 2.39. The van der Waals surface area contributed by atoms with E-state index in [9.17, 15) is 19.5 Å². The molecule has 148 valence electrons. The Morgan fingerprint density at radius 3 is 2.64 bits per heavy atom. The number of fused-ring (bicyclic) bond motifs is 1. The van der Waals surface area contributed by atoms with Crippen molar-refractivity contribution in [1.82, 2.24) is 15.5 Å². The van der Waals surface area contributed by atoms with Crippen LogP contribution in [0, 0.1) is 11.8 Å². The van der Waals surface area contributed by atoms with Crippen LogP contribution in [0.4, 0.5) is 0 Å². The van der Waals surface area contributed by atoms with Crippen molar-refractivity contribution in [2.45, 2.75) is 43.9 Å². The number of hydrogen-bond donors (Lipinski definition) is 3. The van der Waals surface area contributed by atoms with Crippen LogP contribution in [0.5, 0.6) is 0 Å². The Labute approximate surface area is 169 Å². The summed E-state index contributed by atoms with van der Waals surface area (Å²) in [6.45, 7) is 1.81. The van der Waals surface area contributed by atoms with Gasteiger partial charge in [-0.2, -0.15) is 0 Å². The first-order valence-corrected chi connectivity index (χ1v) is 9.19. The molecular formula is C20H22ClN3O4. The van der Waals surface area contributed by atoms with Gasteiger partial charge >= 0.3 is 0 Å². The van der Waals surface area contributed by atoms with Crippen molar-refractivity contribution in [3.63, 3.8) is 0 Å². The number of benzene rings is 1. The van der Waals surface area contributed by atoms with E-state index in [1.807, 2.05) is 6.07 Å². The van der Waals surface area contributed by atoms with Gasteiger partial charge in [0.15, 0.2) is 0 Å². The van der Waals surface area contributed by atoms with Crippen LogP contribution in [-0.4, -0.2) is 52.5 Å². The molecule has 2 saturated heterocycles. The number of rotatable bonds is 1. The van der Waals surface area contributed by atoms with Crippen LogP contribution in [0.2, 0.25) is 0 Å². The highest BCUT2D eigenvalue weighted by atomic mass is 35.5. The van der Waals surface area contributed by atoms with Gasteiger partial charge in [0, 0.05) is 24.1 Å². The molecule has 4 rings (SSSR count). The molecule has 1 aromatic carbocycles. The van der Waals surface area contributed by atoms with Gasteiger partial charge in [-0.05, 0) is 56.1 Å². The normalized spacial score (nSPS) is 23.2. The maximum absolute atomic E-state index is 12.7. The molecule has 0 radical (unpaired) electrons. The Morgan fingerprint density at radius 1 is 1.18 bits per heavy atom. The summed E-state index contributed by atoms with van der Waals surface area (Å²) in [5, 5.41) is 16.0. The van der Waals surface area contributed by atoms with E-state index in [2.05, 4.69) is 22.5 Å². The van der Waals surface area contributed by atoms with Gasteiger partial charge in [-0.1, -0.05) is 11.8 Å². The molecule has 0 spiro atoms. The van der Waals surface area contributed by atoms with E-state index in [4.69, 9.17) is 0 Å².